The smallest absolute Gasteiger partial charge is 0.254 e. The maximum atomic E-state index is 13.0. The summed E-state index contributed by atoms with van der Waals surface area (Å²) in [7, 11) is 1.64. The molecule has 0 spiro atoms. The number of benzene rings is 1. The van der Waals surface area contributed by atoms with E-state index in [1.54, 1.807) is 7.11 Å². The van der Waals surface area contributed by atoms with Crippen molar-refractivity contribution < 1.29 is 9.53 Å². The van der Waals surface area contributed by atoms with Crippen LogP contribution in [0.2, 0.25) is 0 Å². The van der Waals surface area contributed by atoms with Gasteiger partial charge in [0.2, 0.25) is 0 Å². The topological polar surface area (TPSA) is 32.8 Å². The van der Waals surface area contributed by atoms with Crippen LogP contribution in [0.25, 0.3) is 0 Å². The molecule has 3 rings (SSSR count). The van der Waals surface area contributed by atoms with Crippen molar-refractivity contribution in [2.24, 2.45) is 0 Å². The van der Waals surface area contributed by atoms with Crippen molar-refractivity contribution in [3.63, 3.8) is 0 Å². The minimum atomic E-state index is 0.149. The first-order valence-electron chi connectivity index (χ1n) is 8.53. The van der Waals surface area contributed by atoms with E-state index in [9.17, 15) is 4.79 Å². The SMILES string of the molecule is COc1cccc(C(=O)N2CCCSCC2CN2CCCC2)c1. The number of methoxy groups -OCH3 is 1. The second-order valence-corrected chi connectivity index (χ2v) is 7.47. The molecule has 23 heavy (non-hydrogen) atoms. The van der Waals surface area contributed by atoms with E-state index in [0.29, 0.717) is 6.04 Å². The number of rotatable bonds is 4. The van der Waals surface area contributed by atoms with Crippen molar-refractivity contribution in [2.75, 3.05) is 44.8 Å². The maximum Gasteiger partial charge on any atom is 0.254 e. The first-order valence-corrected chi connectivity index (χ1v) is 9.68. The summed E-state index contributed by atoms with van der Waals surface area (Å²) in [5, 5.41) is 0. The van der Waals surface area contributed by atoms with Gasteiger partial charge in [-0.25, -0.2) is 0 Å². The van der Waals surface area contributed by atoms with Crippen molar-refractivity contribution in [1.29, 1.82) is 0 Å². The Balaban J connectivity index is 1.75. The van der Waals surface area contributed by atoms with E-state index in [2.05, 4.69) is 9.80 Å². The Hall–Kier alpha value is -1.20. The fourth-order valence-corrected chi connectivity index (χ4v) is 4.49. The summed E-state index contributed by atoms with van der Waals surface area (Å²) in [6, 6.07) is 7.85. The number of likely N-dealkylation sites (tertiary alicyclic amines) is 1. The molecule has 1 amide bonds. The molecule has 0 bridgehead atoms. The summed E-state index contributed by atoms with van der Waals surface area (Å²) in [6.07, 6.45) is 3.67. The van der Waals surface area contributed by atoms with Gasteiger partial charge in [-0.05, 0) is 56.3 Å². The molecule has 126 valence electrons. The molecule has 1 aromatic rings. The van der Waals surface area contributed by atoms with Crippen molar-refractivity contribution in [2.45, 2.75) is 25.3 Å². The minimum Gasteiger partial charge on any atom is -0.497 e. The third kappa shape index (κ3) is 4.21. The normalized spacial score (nSPS) is 22.8. The lowest BCUT2D eigenvalue weighted by Crippen LogP contribution is -2.47. The van der Waals surface area contributed by atoms with Gasteiger partial charge < -0.3 is 14.5 Å². The summed E-state index contributed by atoms with van der Waals surface area (Å²) in [5.41, 5.74) is 0.739. The van der Waals surface area contributed by atoms with Gasteiger partial charge in [-0.2, -0.15) is 11.8 Å². The third-order valence-corrected chi connectivity index (χ3v) is 5.88. The zero-order valence-corrected chi connectivity index (χ0v) is 14.7. The minimum absolute atomic E-state index is 0.149. The number of ether oxygens (including phenoxy) is 1. The second kappa shape index (κ2) is 8.06. The van der Waals surface area contributed by atoms with Crippen molar-refractivity contribution in [1.82, 2.24) is 9.80 Å². The molecule has 0 N–H and O–H groups in total. The van der Waals surface area contributed by atoms with Crippen LogP contribution in [0, 0.1) is 0 Å². The van der Waals surface area contributed by atoms with Gasteiger partial charge >= 0.3 is 0 Å². The molecule has 0 aliphatic carbocycles. The molecule has 2 aliphatic rings. The van der Waals surface area contributed by atoms with Crippen LogP contribution in [0.5, 0.6) is 5.75 Å². The molecular weight excluding hydrogens is 308 g/mol. The van der Waals surface area contributed by atoms with Crippen molar-refractivity contribution in [3.8, 4) is 5.75 Å². The van der Waals surface area contributed by atoms with E-state index in [-0.39, 0.29) is 5.91 Å². The molecular formula is C18H26N2O2S. The standard InChI is InChI=1S/C18H26N2O2S/c1-22-17-7-4-6-15(12-17)18(21)20-10-5-11-23-14-16(20)13-19-8-2-3-9-19/h4,6-7,12,16H,2-3,5,8-11,13-14H2,1H3. The summed E-state index contributed by atoms with van der Waals surface area (Å²) >= 11 is 1.99. The van der Waals surface area contributed by atoms with Gasteiger partial charge in [-0.15, -0.1) is 0 Å². The molecule has 2 heterocycles. The Morgan fingerprint density at radius 3 is 2.87 bits per heavy atom. The van der Waals surface area contributed by atoms with Gasteiger partial charge in [0.05, 0.1) is 13.2 Å². The lowest BCUT2D eigenvalue weighted by Gasteiger charge is -2.32. The van der Waals surface area contributed by atoms with Crippen LogP contribution in [0.3, 0.4) is 0 Å². The Morgan fingerprint density at radius 1 is 1.26 bits per heavy atom. The molecule has 1 atom stereocenters. The number of amides is 1. The lowest BCUT2D eigenvalue weighted by molar-refractivity contribution is 0.0666. The first kappa shape index (κ1) is 16.7. The highest BCUT2D eigenvalue weighted by atomic mass is 32.2. The summed E-state index contributed by atoms with van der Waals surface area (Å²) in [4.78, 5) is 17.7. The predicted octanol–water partition coefficient (Wildman–Crippen LogP) is 2.74. The number of nitrogens with zero attached hydrogens (tertiary/aromatic N) is 2. The summed E-state index contributed by atoms with van der Waals surface area (Å²) in [5.74, 6) is 3.09. The number of carbonyl (C=O) groups excluding carboxylic acids is 1. The van der Waals surface area contributed by atoms with Crippen LogP contribution in [-0.2, 0) is 0 Å². The number of carbonyl (C=O) groups is 1. The van der Waals surface area contributed by atoms with Crippen LogP contribution < -0.4 is 4.74 Å². The van der Waals surface area contributed by atoms with Crippen molar-refractivity contribution >= 4 is 17.7 Å². The largest absolute Gasteiger partial charge is 0.497 e. The average Bonchev–Trinajstić information content (AvgIpc) is 2.99. The van der Waals surface area contributed by atoms with Crippen LogP contribution in [-0.4, -0.2) is 66.5 Å². The van der Waals surface area contributed by atoms with Gasteiger partial charge in [0.1, 0.15) is 5.75 Å². The third-order valence-electron chi connectivity index (χ3n) is 4.68. The number of hydrogen-bond acceptors (Lipinski definition) is 4. The van der Waals surface area contributed by atoms with E-state index >= 15 is 0 Å². The Bertz CT molecular complexity index is 532. The van der Waals surface area contributed by atoms with E-state index in [1.807, 2.05) is 36.0 Å². The fourth-order valence-electron chi connectivity index (χ4n) is 3.43. The highest BCUT2D eigenvalue weighted by Crippen LogP contribution is 2.22. The molecule has 1 unspecified atom stereocenters. The zero-order chi connectivity index (χ0) is 16.1. The Kier molecular flexibility index (Phi) is 5.84. The highest BCUT2D eigenvalue weighted by molar-refractivity contribution is 7.99. The Labute approximate surface area is 143 Å². The van der Waals surface area contributed by atoms with Crippen LogP contribution in [0.15, 0.2) is 24.3 Å². The predicted molar refractivity (Wildman–Crippen MR) is 95.4 cm³/mol. The van der Waals surface area contributed by atoms with Gasteiger partial charge in [0.15, 0.2) is 0 Å². The molecule has 2 fully saturated rings. The molecule has 2 saturated heterocycles. The molecule has 0 saturated carbocycles. The van der Waals surface area contributed by atoms with Crippen LogP contribution in [0.1, 0.15) is 29.6 Å². The Morgan fingerprint density at radius 2 is 2.09 bits per heavy atom. The van der Waals surface area contributed by atoms with Crippen molar-refractivity contribution in [3.05, 3.63) is 29.8 Å². The van der Waals surface area contributed by atoms with Gasteiger partial charge in [0.25, 0.3) is 5.91 Å². The quantitative estimate of drug-likeness (QED) is 0.848. The van der Waals surface area contributed by atoms with E-state index < -0.39 is 0 Å². The zero-order valence-electron chi connectivity index (χ0n) is 13.9. The number of hydrogen-bond donors (Lipinski definition) is 0. The molecule has 2 aliphatic heterocycles. The molecule has 1 aromatic carbocycles. The molecule has 4 nitrogen and oxygen atoms in total. The van der Waals surface area contributed by atoms with Crippen LogP contribution in [0.4, 0.5) is 0 Å². The highest BCUT2D eigenvalue weighted by Gasteiger charge is 2.29. The number of thioether (sulfide) groups is 1. The molecule has 5 heteroatoms. The van der Waals surface area contributed by atoms with E-state index in [1.165, 1.54) is 25.9 Å². The summed E-state index contributed by atoms with van der Waals surface area (Å²) < 4.78 is 5.27. The first-order chi connectivity index (χ1) is 11.3. The van der Waals surface area contributed by atoms with Gasteiger partial charge in [-0.1, -0.05) is 6.07 Å². The van der Waals surface area contributed by atoms with Gasteiger partial charge in [-0.3, -0.25) is 4.79 Å². The molecule has 0 aromatic heterocycles. The molecule has 0 radical (unpaired) electrons. The fraction of sp³-hybridized carbons (Fsp3) is 0.611. The monoisotopic (exact) mass is 334 g/mol. The van der Waals surface area contributed by atoms with E-state index in [0.717, 1.165) is 42.3 Å². The van der Waals surface area contributed by atoms with Gasteiger partial charge in [0, 0.05) is 24.4 Å². The lowest BCUT2D eigenvalue weighted by atomic mass is 10.1. The van der Waals surface area contributed by atoms with Crippen LogP contribution >= 0.6 is 11.8 Å². The average molecular weight is 334 g/mol. The second-order valence-electron chi connectivity index (χ2n) is 6.32. The summed E-state index contributed by atoms with van der Waals surface area (Å²) in [6.45, 7) is 4.25. The maximum absolute atomic E-state index is 13.0. The van der Waals surface area contributed by atoms with E-state index in [4.69, 9.17) is 4.74 Å².